The number of fused-ring (bicyclic) bond motifs is 1. The largest absolute Gasteiger partial charge is 0.496 e. The van der Waals surface area contributed by atoms with E-state index in [0.717, 1.165) is 16.7 Å². The predicted octanol–water partition coefficient (Wildman–Crippen LogP) is 3.46. The lowest BCUT2D eigenvalue weighted by molar-refractivity contribution is -0.385. The van der Waals surface area contributed by atoms with Crippen molar-refractivity contribution >= 4 is 5.69 Å². The SMILES string of the molecule is COc1ccc(C2C(C#N)=C(N)Oc3n[nH]c(Cn4cc([N+](=O)[O-])cn4)c32)cc1-c1ccccc1. The maximum absolute atomic E-state index is 11.1. The minimum absolute atomic E-state index is 0.0325. The summed E-state index contributed by atoms with van der Waals surface area (Å²) in [5.74, 6) is 0.297. The Bertz CT molecular complexity index is 1500. The highest BCUT2D eigenvalue weighted by molar-refractivity contribution is 5.72. The first-order chi connectivity index (χ1) is 17.0. The van der Waals surface area contributed by atoms with Crippen LogP contribution >= 0.6 is 0 Å². The van der Waals surface area contributed by atoms with Crippen molar-refractivity contribution in [1.29, 1.82) is 5.26 Å². The molecule has 174 valence electrons. The normalized spacial score (nSPS) is 14.7. The smallest absolute Gasteiger partial charge is 0.307 e. The molecule has 5 rings (SSSR count). The second kappa shape index (κ2) is 8.68. The molecule has 0 fully saturated rings. The predicted molar refractivity (Wildman–Crippen MR) is 124 cm³/mol. The van der Waals surface area contributed by atoms with Crippen LogP contribution in [0.3, 0.4) is 0 Å². The Hall–Kier alpha value is -5.11. The maximum atomic E-state index is 11.1. The van der Waals surface area contributed by atoms with E-state index in [1.807, 2.05) is 48.5 Å². The summed E-state index contributed by atoms with van der Waals surface area (Å²) < 4.78 is 12.6. The molecule has 2 aromatic heterocycles. The highest BCUT2D eigenvalue weighted by Gasteiger charge is 2.35. The van der Waals surface area contributed by atoms with Crippen LogP contribution in [0.4, 0.5) is 5.69 Å². The van der Waals surface area contributed by atoms with Crippen molar-refractivity contribution in [3.8, 4) is 28.8 Å². The molecule has 35 heavy (non-hydrogen) atoms. The Morgan fingerprint density at radius 2 is 2.11 bits per heavy atom. The number of ether oxygens (including phenoxy) is 2. The summed E-state index contributed by atoms with van der Waals surface area (Å²) >= 11 is 0. The molecular formula is C24H19N7O4. The van der Waals surface area contributed by atoms with Gasteiger partial charge in [-0.2, -0.15) is 10.4 Å². The summed E-state index contributed by atoms with van der Waals surface area (Å²) in [6.45, 7) is 0.149. The lowest BCUT2D eigenvalue weighted by Gasteiger charge is -2.25. The fraction of sp³-hybridized carbons (Fsp3) is 0.125. The summed E-state index contributed by atoms with van der Waals surface area (Å²) in [5.41, 5.74) is 9.97. The third-order valence-electron chi connectivity index (χ3n) is 5.81. The molecule has 0 saturated carbocycles. The Morgan fingerprint density at radius 1 is 1.31 bits per heavy atom. The van der Waals surface area contributed by atoms with Gasteiger partial charge in [0.1, 0.15) is 29.8 Å². The quantitative estimate of drug-likeness (QED) is 0.321. The van der Waals surface area contributed by atoms with E-state index in [4.69, 9.17) is 15.2 Å². The van der Waals surface area contributed by atoms with E-state index < -0.39 is 10.8 Å². The van der Waals surface area contributed by atoms with Gasteiger partial charge in [-0.3, -0.25) is 19.9 Å². The summed E-state index contributed by atoms with van der Waals surface area (Å²) in [5, 5.41) is 32.2. The topological polar surface area (TPSA) is 158 Å². The number of aromatic nitrogens is 4. The van der Waals surface area contributed by atoms with Crippen LogP contribution in [0.1, 0.15) is 22.7 Å². The van der Waals surface area contributed by atoms with Crippen LogP contribution in [0, 0.1) is 21.4 Å². The van der Waals surface area contributed by atoms with Gasteiger partial charge >= 0.3 is 5.69 Å². The van der Waals surface area contributed by atoms with Crippen LogP contribution < -0.4 is 15.2 Å². The van der Waals surface area contributed by atoms with Gasteiger partial charge in [-0.15, -0.1) is 5.10 Å². The standard InChI is InChI=1S/C24H19N7O4/c1-34-20-8-7-15(9-17(20)14-5-3-2-4-6-14)21-18(10-25)23(26)35-24-22(21)19(28-29-24)13-30-12-16(11-27-30)31(32)33/h2-9,11-12,21H,13,26H2,1H3,(H,28,29). The van der Waals surface area contributed by atoms with Gasteiger partial charge in [0.05, 0.1) is 35.8 Å². The van der Waals surface area contributed by atoms with Gasteiger partial charge in [0, 0.05) is 5.56 Å². The minimum atomic E-state index is -0.587. The van der Waals surface area contributed by atoms with Crippen LogP contribution in [0.2, 0.25) is 0 Å². The second-order valence-electron chi connectivity index (χ2n) is 7.82. The number of aromatic amines is 1. The van der Waals surface area contributed by atoms with Gasteiger partial charge in [0.2, 0.25) is 11.8 Å². The van der Waals surface area contributed by atoms with E-state index in [-0.39, 0.29) is 29.6 Å². The first-order valence-corrected chi connectivity index (χ1v) is 10.5. The molecule has 0 amide bonds. The fourth-order valence-corrected chi connectivity index (χ4v) is 4.21. The number of nitro groups is 1. The summed E-state index contributed by atoms with van der Waals surface area (Å²) in [6, 6.07) is 17.6. The molecule has 0 bridgehead atoms. The van der Waals surface area contributed by atoms with Crippen molar-refractivity contribution in [3.63, 3.8) is 0 Å². The number of nitrogens with zero attached hydrogens (tertiary/aromatic N) is 5. The van der Waals surface area contributed by atoms with Gasteiger partial charge < -0.3 is 15.2 Å². The van der Waals surface area contributed by atoms with E-state index in [9.17, 15) is 15.4 Å². The molecule has 0 radical (unpaired) electrons. The van der Waals surface area contributed by atoms with Crippen molar-refractivity contribution in [2.24, 2.45) is 5.73 Å². The zero-order valence-electron chi connectivity index (χ0n) is 18.5. The van der Waals surface area contributed by atoms with E-state index in [1.165, 1.54) is 17.1 Å². The molecule has 4 aromatic rings. The van der Waals surface area contributed by atoms with Crippen molar-refractivity contribution in [1.82, 2.24) is 20.0 Å². The Kier molecular flexibility index (Phi) is 5.39. The molecule has 1 atom stereocenters. The van der Waals surface area contributed by atoms with Gasteiger partial charge in [-0.1, -0.05) is 36.4 Å². The first-order valence-electron chi connectivity index (χ1n) is 10.5. The molecule has 1 unspecified atom stereocenters. The van der Waals surface area contributed by atoms with Gasteiger partial charge in [0.15, 0.2) is 0 Å². The number of methoxy groups -OCH3 is 1. The maximum Gasteiger partial charge on any atom is 0.307 e. The molecule has 3 N–H and O–H groups in total. The number of rotatable bonds is 6. The van der Waals surface area contributed by atoms with Crippen LogP contribution in [0.15, 0.2) is 72.4 Å². The zero-order valence-corrected chi connectivity index (χ0v) is 18.5. The highest BCUT2D eigenvalue weighted by atomic mass is 16.6. The van der Waals surface area contributed by atoms with Crippen molar-refractivity contribution < 1.29 is 14.4 Å². The molecule has 1 aliphatic heterocycles. The number of hydrogen-bond donors (Lipinski definition) is 2. The highest BCUT2D eigenvalue weighted by Crippen LogP contribution is 2.45. The third kappa shape index (κ3) is 3.83. The van der Waals surface area contributed by atoms with Crippen LogP contribution in [0.5, 0.6) is 11.6 Å². The molecule has 0 aliphatic carbocycles. The second-order valence-corrected chi connectivity index (χ2v) is 7.82. The molecular weight excluding hydrogens is 450 g/mol. The average molecular weight is 469 g/mol. The Balaban J connectivity index is 1.64. The lowest BCUT2D eigenvalue weighted by Crippen LogP contribution is -2.21. The summed E-state index contributed by atoms with van der Waals surface area (Å²) in [4.78, 5) is 10.5. The van der Waals surface area contributed by atoms with E-state index in [2.05, 4.69) is 21.4 Å². The Labute approximate surface area is 199 Å². The minimum Gasteiger partial charge on any atom is -0.496 e. The Morgan fingerprint density at radius 3 is 2.80 bits per heavy atom. The number of benzene rings is 2. The van der Waals surface area contributed by atoms with Crippen LogP contribution in [0.25, 0.3) is 11.1 Å². The van der Waals surface area contributed by atoms with Gasteiger partial charge in [0.25, 0.3) is 0 Å². The molecule has 11 heteroatoms. The van der Waals surface area contributed by atoms with Gasteiger partial charge in [-0.25, -0.2) is 0 Å². The molecule has 2 aromatic carbocycles. The zero-order chi connectivity index (χ0) is 24.5. The molecule has 1 aliphatic rings. The van der Waals surface area contributed by atoms with Crippen molar-refractivity contribution in [3.05, 3.63) is 99.3 Å². The molecule has 0 saturated heterocycles. The van der Waals surface area contributed by atoms with E-state index >= 15 is 0 Å². The first kappa shape index (κ1) is 21.7. The number of allylic oxidation sites excluding steroid dienone is 1. The van der Waals surface area contributed by atoms with E-state index in [1.54, 1.807) is 7.11 Å². The number of nitrogens with two attached hydrogens (primary N) is 1. The molecule has 3 heterocycles. The fourth-order valence-electron chi connectivity index (χ4n) is 4.21. The number of H-pyrrole nitrogens is 1. The number of nitrogens with one attached hydrogen (secondary N) is 1. The van der Waals surface area contributed by atoms with Crippen molar-refractivity contribution in [2.45, 2.75) is 12.5 Å². The summed E-state index contributed by atoms with van der Waals surface area (Å²) in [7, 11) is 1.60. The lowest BCUT2D eigenvalue weighted by atomic mass is 9.82. The molecule has 11 nitrogen and oxygen atoms in total. The van der Waals surface area contributed by atoms with Gasteiger partial charge in [-0.05, 0) is 23.3 Å². The molecule has 0 spiro atoms. The number of hydrogen-bond acceptors (Lipinski definition) is 8. The van der Waals surface area contributed by atoms with Crippen LogP contribution in [-0.2, 0) is 6.54 Å². The third-order valence-corrected chi connectivity index (χ3v) is 5.81. The summed E-state index contributed by atoms with van der Waals surface area (Å²) in [6.07, 6.45) is 2.49. The van der Waals surface area contributed by atoms with Crippen LogP contribution in [-0.4, -0.2) is 32.0 Å². The average Bonchev–Trinajstić information content (AvgIpc) is 3.51. The van der Waals surface area contributed by atoms with E-state index in [0.29, 0.717) is 17.0 Å². The monoisotopic (exact) mass is 469 g/mol. The van der Waals surface area contributed by atoms with Crippen molar-refractivity contribution in [2.75, 3.05) is 7.11 Å². The number of nitriles is 1.